The van der Waals surface area contributed by atoms with E-state index in [1.165, 1.54) is 23.3 Å². The summed E-state index contributed by atoms with van der Waals surface area (Å²) in [5, 5.41) is 0.647. The molecule has 0 bridgehead atoms. The number of rotatable bonds is 4. The fourth-order valence-corrected chi connectivity index (χ4v) is 2.83. The molecule has 2 heteroatoms. The molecule has 0 atom stereocenters. The van der Waals surface area contributed by atoms with Crippen molar-refractivity contribution in [1.82, 2.24) is 0 Å². The molecule has 1 fully saturated rings. The highest BCUT2D eigenvalue weighted by Gasteiger charge is 2.42. The van der Waals surface area contributed by atoms with E-state index in [1.54, 1.807) is 0 Å². The minimum absolute atomic E-state index is 0.327. The molecule has 2 rings (SSSR count). The number of hydrogen-bond donors (Lipinski definition) is 1. The second-order valence-corrected chi connectivity index (χ2v) is 6.33. The van der Waals surface area contributed by atoms with Crippen molar-refractivity contribution in [1.29, 1.82) is 0 Å². The first-order valence-electron chi connectivity index (χ1n) is 5.63. The molecule has 82 valence electrons. The van der Waals surface area contributed by atoms with E-state index in [9.17, 15) is 0 Å². The lowest BCUT2D eigenvalue weighted by atomic mass is 9.96. The van der Waals surface area contributed by atoms with Gasteiger partial charge in [-0.05, 0) is 30.5 Å². The van der Waals surface area contributed by atoms with E-state index in [1.807, 2.05) is 11.8 Å². The molecule has 1 aromatic carbocycles. The van der Waals surface area contributed by atoms with Crippen LogP contribution in [0.15, 0.2) is 29.2 Å². The summed E-state index contributed by atoms with van der Waals surface area (Å²) in [6, 6.07) is 8.91. The van der Waals surface area contributed by atoms with Crippen LogP contribution in [0, 0.1) is 0 Å². The summed E-state index contributed by atoms with van der Waals surface area (Å²) < 4.78 is 0. The van der Waals surface area contributed by atoms with E-state index in [4.69, 9.17) is 5.73 Å². The molecule has 1 aromatic rings. The Balaban J connectivity index is 2.19. The second kappa shape index (κ2) is 4.18. The summed E-state index contributed by atoms with van der Waals surface area (Å²) in [5.74, 6) is 0. The standard InChI is InChI=1S/C13H19NS/c1-10(2)15-12-5-3-4-11(8-12)13(9-14)6-7-13/h3-5,8,10H,6-7,9,14H2,1-2H3. The average Bonchev–Trinajstić information content (AvgIpc) is 2.97. The molecule has 0 spiro atoms. The molecule has 0 saturated heterocycles. The predicted octanol–water partition coefficient (Wildman–Crippen LogP) is 3.18. The van der Waals surface area contributed by atoms with E-state index in [0.717, 1.165) is 6.54 Å². The van der Waals surface area contributed by atoms with Gasteiger partial charge in [0.05, 0.1) is 0 Å². The van der Waals surface area contributed by atoms with Crippen LogP contribution >= 0.6 is 11.8 Å². The highest BCUT2D eigenvalue weighted by molar-refractivity contribution is 7.99. The van der Waals surface area contributed by atoms with Gasteiger partial charge in [0.1, 0.15) is 0 Å². The van der Waals surface area contributed by atoms with Gasteiger partial charge in [-0.25, -0.2) is 0 Å². The van der Waals surface area contributed by atoms with Crippen LogP contribution in [0.3, 0.4) is 0 Å². The SMILES string of the molecule is CC(C)Sc1cccc(C2(CN)CC2)c1. The van der Waals surface area contributed by atoms with E-state index in [-0.39, 0.29) is 0 Å². The quantitative estimate of drug-likeness (QED) is 0.790. The fraction of sp³-hybridized carbons (Fsp3) is 0.538. The molecule has 1 aliphatic carbocycles. The third-order valence-electron chi connectivity index (χ3n) is 3.06. The molecular formula is C13H19NS. The minimum atomic E-state index is 0.327. The van der Waals surface area contributed by atoms with Crippen LogP contribution in [0.1, 0.15) is 32.3 Å². The van der Waals surface area contributed by atoms with Crippen molar-refractivity contribution >= 4 is 11.8 Å². The third-order valence-corrected chi connectivity index (χ3v) is 4.06. The molecule has 2 N–H and O–H groups in total. The van der Waals surface area contributed by atoms with Crippen LogP contribution in [0.4, 0.5) is 0 Å². The third kappa shape index (κ3) is 2.37. The van der Waals surface area contributed by atoms with Crippen LogP contribution in [0.2, 0.25) is 0 Å². The Labute approximate surface area is 96.4 Å². The van der Waals surface area contributed by atoms with E-state index < -0.39 is 0 Å². The zero-order valence-electron chi connectivity index (χ0n) is 9.49. The highest BCUT2D eigenvalue weighted by atomic mass is 32.2. The first-order valence-corrected chi connectivity index (χ1v) is 6.51. The molecular weight excluding hydrogens is 202 g/mol. The largest absolute Gasteiger partial charge is 0.330 e. The summed E-state index contributed by atoms with van der Waals surface area (Å²) in [5.41, 5.74) is 7.61. The summed E-state index contributed by atoms with van der Waals surface area (Å²) >= 11 is 1.93. The molecule has 1 nitrogen and oxygen atoms in total. The average molecular weight is 221 g/mol. The molecule has 0 aromatic heterocycles. The summed E-state index contributed by atoms with van der Waals surface area (Å²) in [6.07, 6.45) is 2.53. The van der Waals surface area contributed by atoms with Gasteiger partial charge in [0.2, 0.25) is 0 Å². The Morgan fingerprint density at radius 1 is 1.40 bits per heavy atom. The monoisotopic (exact) mass is 221 g/mol. The topological polar surface area (TPSA) is 26.0 Å². The molecule has 1 aliphatic rings. The first-order chi connectivity index (χ1) is 7.16. The number of thioether (sulfide) groups is 1. The van der Waals surface area contributed by atoms with Crippen LogP contribution in [-0.2, 0) is 5.41 Å². The maximum atomic E-state index is 5.85. The van der Waals surface area contributed by atoms with Gasteiger partial charge in [-0.1, -0.05) is 26.0 Å². The molecule has 0 unspecified atom stereocenters. The van der Waals surface area contributed by atoms with Gasteiger partial charge in [-0.2, -0.15) is 0 Å². The van der Waals surface area contributed by atoms with Crippen molar-refractivity contribution in [2.45, 2.75) is 42.2 Å². The Morgan fingerprint density at radius 3 is 2.67 bits per heavy atom. The van der Waals surface area contributed by atoms with Gasteiger partial charge in [0.25, 0.3) is 0 Å². The van der Waals surface area contributed by atoms with Gasteiger partial charge < -0.3 is 5.73 Å². The van der Waals surface area contributed by atoms with Crippen LogP contribution in [0.5, 0.6) is 0 Å². The van der Waals surface area contributed by atoms with Crippen molar-refractivity contribution in [2.75, 3.05) is 6.54 Å². The Hall–Kier alpha value is -0.470. The number of benzene rings is 1. The van der Waals surface area contributed by atoms with Crippen LogP contribution in [0.25, 0.3) is 0 Å². The second-order valence-electron chi connectivity index (χ2n) is 4.68. The fourth-order valence-electron chi connectivity index (χ4n) is 1.93. The van der Waals surface area contributed by atoms with Crippen LogP contribution in [-0.4, -0.2) is 11.8 Å². The minimum Gasteiger partial charge on any atom is -0.330 e. The lowest BCUT2D eigenvalue weighted by Gasteiger charge is -2.14. The van der Waals surface area contributed by atoms with Crippen molar-refractivity contribution in [3.8, 4) is 0 Å². The van der Waals surface area contributed by atoms with Crippen LogP contribution < -0.4 is 5.73 Å². The molecule has 0 heterocycles. The predicted molar refractivity (Wildman–Crippen MR) is 67.4 cm³/mol. The summed E-state index contributed by atoms with van der Waals surface area (Å²) in [7, 11) is 0. The van der Waals surface area contributed by atoms with Crippen molar-refractivity contribution in [3.05, 3.63) is 29.8 Å². The molecule has 0 amide bonds. The van der Waals surface area contributed by atoms with Gasteiger partial charge >= 0.3 is 0 Å². The van der Waals surface area contributed by atoms with E-state index >= 15 is 0 Å². The van der Waals surface area contributed by atoms with Gasteiger partial charge in [-0.15, -0.1) is 11.8 Å². The lowest BCUT2D eigenvalue weighted by Crippen LogP contribution is -2.19. The highest BCUT2D eigenvalue weighted by Crippen LogP contribution is 2.47. The van der Waals surface area contributed by atoms with Crippen molar-refractivity contribution in [2.24, 2.45) is 5.73 Å². The number of hydrogen-bond acceptors (Lipinski definition) is 2. The smallest absolute Gasteiger partial charge is 0.00775 e. The van der Waals surface area contributed by atoms with Gasteiger partial charge in [0, 0.05) is 22.1 Å². The molecule has 0 aliphatic heterocycles. The van der Waals surface area contributed by atoms with E-state index in [2.05, 4.69) is 38.1 Å². The normalized spacial score (nSPS) is 18.1. The molecule has 1 saturated carbocycles. The van der Waals surface area contributed by atoms with Crippen molar-refractivity contribution < 1.29 is 0 Å². The zero-order chi connectivity index (χ0) is 10.9. The van der Waals surface area contributed by atoms with E-state index in [0.29, 0.717) is 10.7 Å². The molecule has 15 heavy (non-hydrogen) atoms. The van der Waals surface area contributed by atoms with Gasteiger partial charge in [-0.3, -0.25) is 0 Å². The maximum Gasteiger partial charge on any atom is 0.00775 e. The maximum absolute atomic E-state index is 5.85. The number of nitrogens with two attached hydrogens (primary N) is 1. The lowest BCUT2D eigenvalue weighted by molar-refractivity contribution is 0.702. The Morgan fingerprint density at radius 2 is 2.13 bits per heavy atom. The van der Waals surface area contributed by atoms with Crippen molar-refractivity contribution in [3.63, 3.8) is 0 Å². The first kappa shape index (κ1) is 11.0. The van der Waals surface area contributed by atoms with Gasteiger partial charge in [0.15, 0.2) is 0 Å². The Kier molecular flexibility index (Phi) is 3.08. The zero-order valence-corrected chi connectivity index (χ0v) is 10.3. The molecule has 0 radical (unpaired) electrons. The summed E-state index contributed by atoms with van der Waals surface area (Å²) in [6.45, 7) is 5.25. The summed E-state index contributed by atoms with van der Waals surface area (Å²) in [4.78, 5) is 1.38. The Bertz CT molecular complexity index is 342.